The minimum atomic E-state index is -0.348. The van der Waals surface area contributed by atoms with Crippen molar-refractivity contribution < 1.29 is 9.72 Å². The Morgan fingerprint density at radius 2 is 2.00 bits per heavy atom. The van der Waals surface area contributed by atoms with Gasteiger partial charge in [-0.25, -0.2) is 0 Å². The molecule has 0 amide bonds. The number of carbonyl (C=O) groups excluding carboxylic acids is 1. The number of hydrogen-bond donors (Lipinski definition) is 0. The number of nitrogens with zero attached hydrogens (tertiary/aromatic N) is 1. The minimum Gasteiger partial charge on any atom is -0.303 e. The Kier molecular flexibility index (Phi) is 5.19. The lowest BCUT2D eigenvalue weighted by Gasteiger charge is -2.08. The monoisotopic (exact) mass is 221 g/mol. The first-order valence-corrected chi connectivity index (χ1v) is 5.31. The third kappa shape index (κ3) is 4.68. The van der Waals surface area contributed by atoms with Gasteiger partial charge in [-0.1, -0.05) is 30.3 Å². The van der Waals surface area contributed by atoms with Crippen molar-refractivity contribution in [3.05, 3.63) is 46.0 Å². The van der Waals surface area contributed by atoms with E-state index in [9.17, 15) is 14.9 Å². The SMILES string of the molecule is O=CC[C@H](CCc1ccccc1)C[N+](=O)[O-]. The van der Waals surface area contributed by atoms with Gasteiger partial charge in [0.2, 0.25) is 6.54 Å². The summed E-state index contributed by atoms with van der Waals surface area (Å²) in [6, 6.07) is 9.80. The molecule has 4 nitrogen and oxygen atoms in total. The van der Waals surface area contributed by atoms with Crippen molar-refractivity contribution in [2.45, 2.75) is 19.3 Å². The molecule has 0 unspecified atom stereocenters. The number of nitro groups is 1. The van der Waals surface area contributed by atoms with E-state index in [0.29, 0.717) is 6.42 Å². The van der Waals surface area contributed by atoms with Gasteiger partial charge in [-0.15, -0.1) is 0 Å². The van der Waals surface area contributed by atoms with Gasteiger partial charge in [0, 0.05) is 17.3 Å². The lowest BCUT2D eigenvalue weighted by atomic mass is 9.97. The molecular formula is C12H15NO3. The van der Waals surface area contributed by atoms with Crippen LogP contribution in [0.5, 0.6) is 0 Å². The predicted molar refractivity (Wildman–Crippen MR) is 60.8 cm³/mol. The standard InChI is InChI=1S/C12H15NO3/c14-9-8-12(10-13(15)16)7-6-11-4-2-1-3-5-11/h1-5,9,12H,6-8,10H2/t12-/m0/s1. The fraction of sp³-hybridized carbons (Fsp3) is 0.417. The Hall–Kier alpha value is -1.71. The molecule has 0 aromatic heterocycles. The van der Waals surface area contributed by atoms with Crippen LogP contribution in [-0.2, 0) is 11.2 Å². The van der Waals surface area contributed by atoms with E-state index in [1.807, 2.05) is 30.3 Å². The van der Waals surface area contributed by atoms with Gasteiger partial charge in [-0.2, -0.15) is 0 Å². The van der Waals surface area contributed by atoms with E-state index in [0.717, 1.165) is 18.3 Å². The molecule has 1 atom stereocenters. The quantitative estimate of drug-likeness (QED) is 0.402. The van der Waals surface area contributed by atoms with E-state index in [1.54, 1.807) is 0 Å². The highest BCUT2D eigenvalue weighted by molar-refractivity contribution is 5.49. The summed E-state index contributed by atoms with van der Waals surface area (Å²) in [6.07, 6.45) is 2.50. The first-order chi connectivity index (χ1) is 7.72. The van der Waals surface area contributed by atoms with E-state index in [2.05, 4.69) is 0 Å². The number of carbonyl (C=O) groups is 1. The van der Waals surface area contributed by atoms with Crippen LogP contribution in [0, 0.1) is 16.0 Å². The van der Waals surface area contributed by atoms with Gasteiger partial charge in [0.15, 0.2) is 0 Å². The zero-order chi connectivity index (χ0) is 11.8. The highest BCUT2D eigenvalue weighted by atomic mass is 16.6. The van der Waals surface area contributed by atoms with Crippen LogP contribution in [0.4, 0.5) is 0 Å². The molecule has 4 heteroatoms. The molecule has 0 N–H and O–H groups in total. The van der Waals surface area contributed by atoms with E-state index in [-0.39, 0.29) is 23.8 Å². The normalized spacial score (nSPS) is 12.0. The van der Waals surface area contributed by atoms with Crippen LogP contribution < -0.4 is 0 Å². The summed E-state index contributed by atoms with van der Waals surface area (Å²) in [5.41, 5.74) is 1.15. The predicted octanol–water partition coefficient (Wildman–Crippen LogP) is 2.10. The molecular weight excluding hydrogens is 206 g/mol. The zero-order valence-corrected chi connectivity index (χ0v) is 9.04. The van der Waals surface area contributed by atoms with Crippen LogP contribution in [0.25, 0.3) is 0 Å². The molecule has 0 aliphatic carbocycles. The largest absolute Gasteiger partial charge is 0.303 e. The molecule has 0 heterocycles. The summed E-state index contributed by atoms with van der Waals surface area (Å²) < 4.78 is 0. The maximum Gasteiger partial charge on any atom is 0.207 e. The van der Waals surface area contributed by atoms with Crippen LogP contribution in [0.3, 0.4) is 0 Å². The lowest BCUT2D eigenvalue weighted by molar-refractivity contribution is -0.488. The Bertz CT molecular complexity index is 337. The van der Waals surface area contributed by atoms with Gasteiger partial charge in [0.05, 0.1) is 0 Å². The van der Waals surface area contributed by atoms with Crippen molar-refractivity contribution in [3.8, 4) is 0 Å². The molecule has 1 rings (SSSR count). The van der Waals surface area contributed by atoms with Crippen molar-refractivity contribution in [1.82, 2.24) is 0 Å². The average Bonchev–Trinajstić information content (AvgIpc) is 2.27. The molecule has 16 heavy (non-hydrogen) atoms. The molecule has 86 valence electrons. The van der Waals surface area contributed by atoms with E-state index >= 15 is 0 Å². The van der Waals surface area contributed by atoms with Crippen molar-refractivity contribution in [2.75, 3.05) is 6.54 Å². The van der Waals surface area contributed by atoms with Crippen molar-refractivity contribution >= 4 is 6.29 Å². The average molecular weight is 221 g/mol. The summed E-state index contributed by atoms with van der Waals surface area (Å²) in [4.78, 5) is 20.4. The highest BCUT2D eigenvalue weighted by Gasteiger charge is 2.14. The van der Waals surface area contributed by atoms with Gasteiger partial charge in [-0.05, 0) is 18.4 Å². The van der Waals surface area contributed by atoms with E-state index < -0.39 is 0 Å². The Morgan fingerprint density at radius 1 is 1.31 bits per heavy atom. The third-order valence-corrected chi connectivity index (χ3v) is 2.52. The summed E-state index contributed by atoms with van der Waals surface area (Å²) in [5, 5.41) is 10.4. The Balaban J connectivity index is 2.43. The number of hydrogen-bond acceptors (Lipinski definition) is 3. The second-order valence-electron chi connectivity index (χ2n) is 3.81. The second kappa shape index (κ2) is 6.71. The zero-order valence-electron chi connectivity index (χ0n) is 9.04. The number of rotatable bonds is 7. The van der Waals surface area contributed by atoms with Gasteiger partial charge < -0.3 is 4.79 Å². The van der Waals surface area contributed by atoms with E-state index in [4.69, 9.17) is 0 Å². The molecule has 0 saturated heterocycles. The number of benzene rings is 1. The maximum atomic E-state index is 10.4. The van der Waals surface area contributed by atoms with Crippen molar-refractivity contribution in [1.29, 1.82) is 0 Å². The van der Waals surface area contributed by atoms with Crippen molar-refractivity contribution in [3.63, 3.8) is 0 Å². The van der Waals surface area contributed by atoms with Crippen LogP contribution in [0.15, 0.2) is 30.3 Å². The molecule has 0 bridgehead atoms. The molecule has 0 spiro atoms. The van der Waals surface area contributed by atoms with E-state index in [1.165, 1.54) is 0 Å². The fourth-order valence-corrected chi connectivity index (χ4v) is 1.65. The summed E-state index contributed by atoms with van der Waals surface area (Å²) in [7, 11) is 0. The van der Waals surface area contributed by atoms with Crippen LogP contribution >= 0.6 is 0 Å². The van der Waals surface area contributed by atoms with Gasteiger partial charge in [0.1, 0.15) is 6.29 Å². The van der Waals surface area contributed by atoms with Gasteiger partial charge >= 0.3 is 0 Å². The summed E-state index contributed by atoms with van der Waals surface area (Å²) >= 11 is 0. The molecule has 0 aliphatic rings. The lowest BCUT2D eigenvalue weighted by Crippen LogP contribution is -2.15. The Morgan fingerprint density at radius 3 is 2.56 bits per heavy atom. The van der Waals surface area contributed by atoms with Crippen LogP contribution in [0.2, 0.25) is 0 Å². The fourth-order valence-electron chi connectivity index (χ4n) is 1.65. The topological polar surface area (TPSA) is 60.2 Å². The maximum absolute atomic E-state index is 10.4. The van der Waals surface area contributed by atoms with Gasteiger partial charge in [0.25, 0.3) is 0 Å². The minimum absolute atomic E-state index is 0.119. The molecule has 0 fully saturated rings. The molecule has 1 aromatic rings. The van der Waals surface area contributed by atoms with Crippen LogP contribution in [0.1, 0.15) is 18.4 Å². The second-order valence-corrected chi connectivity index (χ2v) is 3.81. The number of aryl methyl sites for hydroxylation is 1. The molecule has 0 aliphatic heterocycles. The highest BCUT2D eigenvalue weighted by Crippen LogP contribution is 2.12. The van der Waals surface area contributed by atoms with Gasteiger partial charge in [-0.3, -0.25) is 10.1 Å². The molecule has 0 radical (unpaired) electrons. The number of aldehydes is 1. The molecule has 1 aromatic carbocycles. The summed E-state index contributed by atoms with van der Waals surface area (Å²) in [6.45, 7) is -0.119. The first kappa shape index (κ1) is 12.4. The first-order valence-electron chi connectivity index (χ1n) is 5.31. The summed E-state index contributed by atoms with van der Waals surface area (Å²) in [5.74, 6) is -0.146. The third-order valence-electron chi connectivity index (χ3n) is 2.52. The smallest absolute Gasteiger partial charge is 0.207 e. The van der Waals surface area contributed by atoms with Crippen LogP contribution in [-0.4, -0.2) is 17.8 Å². The Labute approximate surface area is 94.4 Å². The molecule has 0 saturated carbocycles. The van der Waals surface area contributed by atoms with Crippen molar-refractivity contribution in [2.24, 2.45) is 5.92 Å².